The van der Waals surface area contributed by atoms with Crippen molar-refractivity contribution in [1.82, 2.24) is 15.6 Å². The molecule has 1 aromatic carbocycles. The van der Waals surface area contributed by atoms with E-state index in [0.29, 0.717) is 5.56 Å². The summed E-state index contributed by atoms with van der Waals surface area (Å²) in [6.07, 6.45) is 3.05. The molecule has 0 radical (unpaired) electrons. The van der Waals surface area contributed by atoms with Crippen molar-refractivity contribution in [3.05, 3.63) is 66.0 Å². The lowest BCUT2D eigenvalue weighted by molar-refractivity contribution is -0.120. The fourth-order valence-electron chi connectivity index (χ4n) is 1.88. The number of nitrogens with zero attached hydrogens (tertiary/aromatic N) is 1. The van der Waals surface area contributed by atoms with Crippen molar-refractivity contribution >= 4 is 11.8 Å². The van der Waals surface area contributed by atoms with E-state index in [0.717, 1.165) is 5.56 Å². The van der Waals surface area contributed by atoms with Gasteiger partial charge in [0.25, 0.3) is 5.91 Å². The average Bonchev–Trinajstić information content (AvgIpc) is 2.54. The smallest absolute Gasteiger partial charge is 0.253 e. The fourth-order valence-corrected chi connectivity index (χ4v) is 1.88. The molecule has 1 unspecified atom stereocenters. The minimum absolute atomic E-state index is 0.0646. The molecule has 21 heavy (non-hydrogen) atoms. The molecular weight excluding hydrogens is 266 g/mol. The van der Waals surface area contributed by atoms with Crippen LogP contribution in [0.25, 0.3) is 0 Å². The second kappa shape index (κ2) is 7.19. The maximum Gasteiger partial charge on any atom is 0.253 e. The first kappa shape index (κ1) is 14.7. The van der Waals surface area contributed by atoms with Crippen LogP contribution in [0, 0.1) is 0 Å². The molecule has 2 rings (SSSR count). The van der Waals surface area contributed by atoms with Crippen molar-refractivity contribution in [2.24, 2.45) is 0 Å². The van der Waals surface area contributed by atoms with Gasteiger partial charge in [-0.25, -0.2) is 0 Å². The van der Waals surface area contributed by atoms with E-state index in [2.05, 4.69) is 15.6 Å². The Balaban J connectivity index is 1.81. The van der Waals surface area contributed by atoms with Crippen LogP contribution in [0.5, 0.6) is 0 Å². The molecule has 2 N–H and O–H groups in total. The Hall–Kier alpha value is -2.69. The minimum Gasteiger partial charge on any atom is -0.348 e. The molecule has 5 heteroatoms. The SMILES string of the molecule is CC(NC(=O)CNC(=O)c1cccnc1)c1ccccc1. The van der Waals surface area contributed by atoms with E-state index in [9.17, 15) is 9.59 Å². The van der Waals surface area contributed by atoms with Crippen LogP contribution in [-0.2, 0) is 4.79 Å². The topological polar surface area (TPSA) is 71.1 Å². The lowest BCUT2D eigenvalue weighted by atomic mass is 10.1. The van der Waals surface area contributed by atoms with Gasteiger partial charge in [0.05, 0.1) is 18.2 Å². The van der Waals surface area contributed by atoms with Crippen molar-refractivity contribution in [1.29, 1.82) is 0 Å². The van der Waals surface area contributed by atoms with E-state index in [1.54, 1.807) is 18.3 Å². The molecule has 0 aliphatic carbocycles. The second-order valence-electron chi connectivity index (χ2n) is 4.62. The van der Waals surface area contributed by atoms with Gasteiger partial charge in [0.2, 0.25) is 5.91 Å². The van der Waals surface area contributed by atoms with E-state index in [4.69, 9.17) is 0 Å². The Morgan fingerprint density at radius 2 is 1.90 bits per heavy atom. The zero-order valence-corrected chi connectivity index (χ0v) is 11.7. The number of hydrogen-bond donors (Lipinski definition) is 2. The van der Waals surface area contributed by atoms with Crippen LogP contribution in [0.2, 0.25) is 0 Å². The largest absolute Gasteiger partial charge is 0.348 e. The van der Waals surface area contributed by atoms with Crippen LogP contribution in [0.15, 0.2) is 54.9 Å². The monoisotopic (exact) mass is 283 g/mol. The van der Waals surface area contributed by atoms with Crippen molar-refractivity contribution in [2.45, 2.75) is 13.0 Å². The van der Waals surface area contributed by atoms with Crippen LogP contribution in [0.4, 0.5) is 0 Å². The van der Waals surface area contributed by atoms with Gasteiger partial charge in [-0.3, -0.25) is 14.6 Å². The zero-order chi connectivity index (χ0) is 15.1. The van der Waals surface area contributed by atoms with Gasteiger partial charge in [-0.05, 0) is 24.6 Å². The Morgan fingerprint density at radius 1 is 1.14 bits per heavy atom. The Morgan fingerprint density at radius 3 is 2.57 bits per heavy atom. The summed E-state index contributed by atoms with van der Waals surface area (Å²) >= 11 is 0. The molecule has 0 saturated heterocycles. The van der Waals surface area contributed by atoms with E-state index < -0.39 is 0 Å². The highest BCUT2D eigenvalue weighted by Gasteiger charge is 2.11. The Labute approximate surface area is 123 Å². The molecule has 1 heterocycles. The lowest BCUT2D eigenvalue weighted by Crippen LogP contribution is -2.38. The summed E-state index contributed by atoms with van der Waals surface area (Å²) in [5.41, 5.74) is 1.45. The molecule has 0 spiro atoms. The third-order valence-electron chi connectivity index (χ3n) is 3.01. The molecule has 0 fully saturated rings. The quantitative estimate of drug-likeness (QED) is 0.877. The number of hydrogen-bond acceptors (Lipinski definition) is 3. The van der Waals surface area contributed by atoms with Crippen molar-refractivity contribution in [3.8, 4) is 0 Å². The molecule has 1 aromatic heterocycles. The molecule has 108 valence electrons. The van der Waals surface area contributed by atoms with E-state index in [1.165, 1.54) is 6.20 Å². The summed E-state index contributed by atoms with van der Waals surface area (Å²) in [4.78, 5) is 27.5. The average molecular weight is 283 g/mol. The number of benzene rings is 1. The molecule has 5 nitrogen and oxygen atoms in total. The number of rotatable bonds is 5. The number of aromatic nitrogens is 1. The van der Waals surface area contributed by atoms with Crippen molar-refractivity contribution in [2.75, 3.05) is 6.54 Å². The first-order valence-corrected chi connectivity index (χ1v) is 6.69. The molecule has 0 aliphatic heterocycles. The van der Waals surface area contributed by atoms with Gasteiger partial charge in [-0.15, -0.1) is 0 Å². The molecular formula is C16H17N3O2. The Bertz CT molecular complexity index is 599. The number of carbonyl (C=O) groups is 2. The Kier molecular flexibility index (Phi) is 5.04. The first-order valence-electron chi connectivity index (χ1n) is 6.69. The molecule has 2 amide bonds. The van der Waals surface area contributed by atoms with Gasteiger partial charge in [0.1, 0.15) is 0 Å². The second-order valence-corrected chi connectivity index (χ2v) is 4.62. The normalized spacial score (nSPS) is 11.5. The van der Waals surface area contributed by atoms with Gasteiger partial charge >= 0.3 is 0 Å². The highest BCUT2D eigenvalue weighted by molar-refractivity contribution is 5.96. The van der Waals surface area contributed by atoms with Crippen LogP contribution < -0.4 is 10.6 Å². The highest BCUT2D eigenvalue weighted by atomic mass is 16.2. The van der Waals surface area contributed by atoms with Crippen molar-refractivity contribution < 1.29 is 9.59 Å². The fraction of sp³-hybridized carbons (Fsp3) is 0.188. The molecule has 1 atom stereocenters. The summed E-state index contributed by atoms with van der Waals surface area (Å²) in [5, 5.41) is 5.40. The standard InChI is InChI=1S/C16H17N3O2/c1-12(13-6-3-2-4-7-13)19-15(20)11-18-16(21)14-8-5-9-17-10-14/h2-10,12H,11H2,1H3,(H,18,21)(H,19,20). The van der Waals surface area contributed by atoms with Crippen LogP contribution >= 0.6 is 0 Å². The van der Waals surface area contributed by atoms with Crippen molar-refractivity contribution in [3.63, 3.8) is 0 Å². The number of nitrogens with one attached hydrogen (secondary N) is 2. The molecule has 0 saturated carbocycles. The summed E-state index contributed by atoms with van der Waals surface area (Å²) in [6, 6.07) is 12.9. The predicted molar refractivity (Wildman–Crippen MR) is 79.6 cm³/mol. The highest BCUT2D eigenvalue weighted by Crippen LogP contribution is 2.10. The van der Waals surface area contributed by atoms with Gasteiger partial charge in [0.15, 0.2) is 0 Å². The van der Waals surface area contributed by atoms with Gasteiger partial charge in [-0.2, -0.15) is 0 Å². The lowest BCUT2D eigenvalue weighted by Gasteiger charge is -2.14. The molecule has 0 bridgehead atoms. The first-order chi connectivity index (χ1) is 10.2. The third kappa shape index (κ3) is 4.42. The zero-order valence-electron chi connectivity index (χ0n) is 11.7. The van der Waals surface area contributed by atoms with E-state index in [-0.39, 0.29) is 24.4 Å². The molecule has 2 aromatic rings. The third-order valence-corrected chi connectivity index (χ3v) is 3.01. The summed E-state index contributed by atoms with van der Waals surface area (Å²) in [7, 11) is 0. The number of pyridine rings is 1. The van der Waals surface area contributed by atoms with Crippen LogP contribution in [0.1, 0.15) is 28.9 Å². The summed E-state index contributed by atoms with van der Waals surface area (Å²) < 4.78 is 0. The predicted octanol–water partition coefficient (Wildman–Crippen LogP) is 1.69. The molecule has 0 aliphatic rings. The van der Waals surface area contributed by atoms with E-state index >= 15 is 0 Å². The number of amides is 2. The minimum atomic E-state index is -0.314. The van der Waals surface area contributed by atoms with E-state index in [1.807, 2.05) is 37.3 Å². The van der Waals surface area contributed by atoms with Gasteiger partial charge < -0.3 is 10.6 Å². The van der Waals surface area contributed by atoms with Gasteiger partial charge in [0, 0.05) is 12.4 Å². The van der Waals surface area contributed by atoms with Crippen LogP contribution in [-0.4, -0.2) is 23.3 Å². The van der Waals surface area contributed by atoms with Gasteiger partial charge in [-0.1, -0.05) is 30.3 Å². The maximum atomic E-state index is 11.8. The summed E-state index contributed by atoms with van der Waals surface area (Å²) in [5.74, 6) is -0.547. The number of carbonyl (C=O) groups excluding carboxylic acids is 2. The maximum absolute atomic E-state index is 11.8. The van der Waals surface area contributed by atoms with Crippen LogP contribution in [0.3, 0.4) is 0 Å². The summed E-state index contributed by atoms with van der Waals surface area (Å²) in [6.45, 7) is 1.83.